The van der Waals surface area contributed by atoms with Crippen LogP contribution in [0.2, 0.25) is 0 Å². The van der Waals surface area contributed by atoms with Crippen molar-refractivity contribution < 1.29 is 28.7 Å². The zero-order valence-electron chi connectivity index (χ0n) is 39.0. The second-order valence-electron chi connectivity index (χ2n) is 18.3. The maximum atomic E-state index is 13.5. The predicted molar refractivity (Wildman–Crippen MR) is 265 cm³/mol. The molecule has 5 aromatic rings. The molecule has 360 valence electrons. The van der Waals surface area contributed by atoms with Crippen molar-refractivity contribution in [2.45, 2.75) is 87.6 Å². The first-order chi connectivity index (χ1) is 33.7. The number of amides is 5. The van der Waals surface area contributed by atoms with Crippen molar-refractivity contribution >= 4 is 58.1 Å². The summed E-state index contributed by atoms with van der Waals surface area (Å²) in [5, 5.41) is 8.01. The lowest BCUT2D eigenvalue weighted by atomic mass is 10.0. The summed E-state index contributed by atoms with van der Waals surface area (Å²) >= 11 is 1.59. The van der Waals surface area contributed by atoms with Crippen LogP contribution in [0.3, 0.4) is 0 Å². The molecule has 0 aliphatic carbocycles. The van der Waals surface area contributed by atoms with Gasteiger partial charge in [-0.2, -0.15) is 5.10 Å². The fraction of sp³-hybridized carbons (Fsp3) is 0.423. The number of nitrogens with one attached hydrogen (secondary N) is 1. The number of hydrogen-bond acceptors (Lipinski definition) is 13. The van der Waals surface area contributed by atoms with Crippen LogP contribution < -0.4 is 15.8 Å². The number of piperazine rings is 1. The largest absolute Gasteiger partial charge is 0.457 e. The number of ether oxygens (including phenoxy) is 1. The summed E-state index contributed by atoms with van der Waals surface area (Å²) < 4.78 is 7.93. The van der Waals surface area contributed by atoms with Crippen LogP contribution in [-0.2, 0) is 14.4 Å². The highest BCUT2D eigenvalue weighted by Crippen LogP contribution is 2.37. The molecule has 0 bridgehead atoms. The minimum atomic E-state index is -0.956. The number of fused-ring (bicyclic) bond motifs is 2. The number of thioether (sulfide) groups is 1. The molecule has 6 heterocycles. The van der Waals surface area contributed by atoms with E-state index in [1.807, 2.05) is 76.3 Å². The summed E-state index contributed by atoms with van der Waals surface area (Å²) in [5.74, 6) is 0.812. The number of nitrogen functional groups attached to an aromatic ring is 1. The number of unbranched alkanes of at least 4 members (excludes halogenated alkanes) is 6. The summed E-state index contributed by atoms with van der Waals surface area (Å²) in [6, 6.07) is 21.7. The predicted octanol–water partition coefficient (Wildman–Crippen LogP) is 7.13. The van der Waals surface area contributed by atoms with Crippen LogP contribution in [0.15, 0.2) is 96.2 Å². The lowest BCUT2D eigenvalue weighted by molar-refractivity contribution is -0.136. The molecule has 3 aromatic carbocycles. The van der Waals surface area contributed by atoms with Crippen molar-refractivity contribution in [2.75, 3.05) is 63.8 Å². The molecule has 3 fully saturated rings. The number of aromatic nitrogens is 4. The van der Waals surface area contributed by atoms with Gasteiger partial charge in [0.05, 0.1) is 22.6 Å². The van der Waals surface area contributed by atoms with Crippen molar-refractivity contribution in [1.29, 1.82) is 0 Å². The first-order valence-electron chi connectivity index (χ1n) is 24.4. The summed E-state index contributed by atoms with van der Waals surface area (Å²) in [6.45, 7) is 7.14. The van der Waals surface area contributed by atoms with E-state index < -0.39 is 23.8 Å². The summed E-state index contributed by atoms with van der Waals surface area (Å²) in [7, 11) is 0. The molecule has 4 aliphatic heterocycles. The Morgan fingerprint density at radius 3 is 2.32 bits per heavy atom. The van der Waals surface area contributed by atoms with Gasteiger partial charge in [-0.15, -0.1) is 11.8 Å². The third kappa shape index (κ3) is 11.2. The minimum absolute atomic E-state index is 0.0187. The second-order valence-corrected chi connectivity index (χ2v) is 19.4. The van der Waals surface area contributed by atoms with E-state index in [9.17, 15) is 24.0 Å². The number of rotatable bonds is 19. The van der Waals surface area contributed by atoms with Crippen molar-refractivity contribution in [3.05, 3.63) is 102 Å². The van der Waals surface area contributed by atoms with Crippen LogP contribution in [0.5, 0.6) is 11.5 Å². The summed E-state index contributed by atoms with van der Waals surface area (Å²) in [6.07, 6.45) is 15.3. The molecule has 4 aliphatic rings. The molecule has 3 N–H and O–H groups in total. The average Bonchev–Trinajstić information content (AvgIpc) is 3.88. The molecule has 17 heteroatoms. The quantitative estimate of drug-likeness (QED) is 0.0369. The number of nitrogens with two attached hydrogens (primary N) is 1. The van der Waals surface area contributed by atoms with Crippen LogP contribution in [0.4, 0.5) is 5.82 Å². The first-order valence-corrected chi connectivity index (χ1v) is 25.4. The number of carbonyl (C=O) groups excluding carboxylic acids is 5. The van der Waals surface area contributed by atoms with Gasteiger partial charge in [-0.3, -0.25) is 39.1 Å². The molecule has 5 amide bonds. The Labute approximate surface area is 406 Å². The topological polar surface area (TPSA) is 189 Å². The zero-order valence-corrected chi connectivity index (χ0v) is 39.8. The standard InChI is InChI=1S/C52H60N10O6S/c53-48-46-47(36-20-22-39(23-21-36)68-38-15-7-6-8-16-38)57-62(49(46)55-35-54-48)37-14-12-28-60(34-37)44(64)19-13-27-59-31-29-58(30-32-59)26-9-4-2-1-3-5-10-33-69-42-18-11-17-40-45(42)52(67)61(51(40)66)41-24-25-43(63)56-50(41)65/h6-8,11,13,15-23,35,37,41H,1-5,9-10,12,14,24-34H2,(H2,53,54,55)(H,56,63,65)/b19-13+/t37-,41?/m1/s1. The molecule has 0 radical (unpaired) electrons. The van der Waals surface area contributed by atoms with Crippen LogP contribution >= 0.6 is 11.8 Å². The maximum Gasteiger partial charge on any atom is 0.263 e. The van der Waals surface area contributed by atoms with Crippen molar-refractivity contribution in [2.24, 2.45) is 0 Å². The molecule has 9 rings (SSSR count). The van der Waals surface area contributed by atoms with Gasteiger partial charge in [0.15, 0.2) is 5.65 Å². The number of hydrogen-bond donors (Lipinski definition) is 2. The molecule has 0 spiro atoms. The molecule has 69 heavy (non-hydrogen) atoms. The number of nitrogens with zero attached hydrogens (tertiary/aromatic N) is 8. The highest BCUT2D eigenvalue weighted by molar-refractivity contribution is 7.99. The maximum absolute atomic E-state index is 13.5. The average molecular weight is 953 g/mol. The van der Waals surface area contributed by atoms with E-state index in [0.29, 0.717) is 52.5 Å². The van der Waals surface area contributed by atoms with Gasteiger partial charge >= 0.3 is 0 Å². The number of likely N-dealkylation sites (tertiary alicyclic amines) is 1. The summed E-state index contributed by atoms with van der Waals surface area (Å²) in [4.78, 5) is 81.6. The normalized spacial score (nSPS) is 19.2. The van der Waals surface area contributed by atoms with E-state index in [4.69, 9.17) is 15.6 Å². The van der Waals surface area contributed by atoms with E-state index in [-0.39, 0.29) is 30.7 Å². The molecule has 1 unspecified atom stereocenters. The minimum Gasteiger partial charge on any atom is -0.457 e. The molecular formula is C52H60N10O6S. The molecule has 0 saturated carbocycles. The fourth-order valence-electron chi connectivity index (χ4n) is 9.82. The number of imide groups is 2. The van der Waals surface area contributed by atoms with Gasteiger partial charge < -0.3 is 20.3 Å². The van der Waals surface area contributed by atoms with Gasteiger partial charge in [-0.1, -0.05) is 62.4 Å². The van der Waals surface area contributed by atoms with Gasteiger partial charge in [0.25, 0.3) is 11.8 Å². The Balaban J connectivity index is 0.650. The van der Waals surface area contributed by atoms with Crippen molar-refractivity contribution in [3.8, 4) is 22.8 Å². The molecule has 2 atom stereocenters. The highest BCUT2D eigenvalue weighted by Gasteiger charge is 2.45. The van der Waals surface area contributed by atoms with Crippen molar-refractivity contribution in [3.63, 3.8) is 0 Å². The van der Waals surface area contributed by atoms with Gasteiger partial charge in [0.2, 0.25) is 17.7 Å². The van der Waals surface area contributed by atoms with Crippen LogP contribution in [0.1, 0.15) is 97.4 Å². The van der Waals surface area contributed by atoms with Gasteiger partial charge in [-0.25, -0.2) is 14.6 Å². The number of carbonyl (C=O) groups is 5. The van der Waals surface area contributed by atoms with E-state index in [1.165, 1.54) is 32.0 Å². The number of piperidine rings is 2. The van der Waals surface area contributed by atoms with Crippen LogP contribution in [0, 0.1) is 0 Å². The lowest BCUT2D eigenvalue weighted by Crippen LogP contribution is -2.54. The third-order valence-corrected chi connectivity index (χ3v) is 14.7. The molecule has 16 nitrogen and oxygen atoms in total. The Bertz CT molecular complexity index is 2690. The van der Waals surface area contributed by atoms with Crippen LogP contribution in [-0.4, -0.2) is 133 Å². The van der Waals surface area contributed by atoms with E-state index in [1.54, 1.807) is 30.0 Å². The zero-order chi connectivity index (χ0) is 47.7. The monoisotopic (exact) mass is 952 g/mol. The van der Waals surface area contributed by atoms with Gasteiger partial charge in [0.1, 0.15) is 35.4 Å². The molecule has 2 aromatic heterocycles. The van der Waals surface area contributed by atoms with E-state index in [2.05, 4.69) is 25.1 Å². The first kappa shape index (κ1) is 47.6. The smallest absolute Gasteiger partial charge is 0.263 e. The highest BCUT2D eigenvalue weighted by atomic mass is 32.2. The molecule has 3 saturated heterocycles. The Kier molecular flexibility index (Phi) is 15.4. The Hall–Kier alpha value is -6.43. The number of benzene rings is 3. The van der Waals surface area contributed by atoms with Gasteiger partial charge in [-0.05, 0) is 92.9 Å². The molecular weight excluding hydrogens is 893 g/mol. The summed E-state index contributed by atoms with van der Waals surface area (Å²) in [5.41, 5.74) is 9.38. The Morgan fingerprint density at radius 1 is 0.797 bits per heavy atom. The Morgan fingerprint density at radius 2 is 1.54 bits per heavy atom. The number of anilines is 1. The van der Waals surface area contributed by atoms with Gasteiger partial charge in [0, 0.05) is 68.8 Å². The van der Waals surface area contributed by atoms with E-state index >= 15 is 0 Å². The fourth-order valence-corrected chi connectivity index (χ4v) is 10.9. The number of para-hydroxylation sites is 1. The second kappa shape index (κ2) is 22.3. The van der Waals surface area contributed by atoms with E-state index in [0.717, 1.165) is 98.2 Å². The van der Waals surface area contributed by atoms with Crippen LogP contribution in [0.25, 0.3) is 22.3 Å². The van der Waals surface area contributed by atoms with Crippen molar-refractivity contribution in [1.82, 2.24) is 44.7 Å². The third-order valence-electron chi connectivity index (χ3n) is 13.6. The lowest BCUT2D eigenvalue weighted by Gasteiger charge is -2.34. The SMILES string of the molecule is Nc1ncnc2c1c(-c1ccc(Oc3ccccc3)cc1)nn2[C@@H]1CCCN(C(=O)/C=C/CN2CCN(CCCCCCCCCSc3cccc4c3C(=O)N(C3CCC(=O)NC3=O)C4=O)CC2)C1.